The highest BCUT2D eigenvalue weighted by atomic mass is 32.1. The predicted octanol–water partition coefficient (Wildman–Crippen LogP) is 2.96. The van der Waals surface area contributed by atoms with Crippen molar-refractivity contribution >= 4 is 17.2 Å². The van der Waals surface area contributed by atoms with Gasteiger partial charge in [0, 0.05) is 18.7 Å². The minimum atomic E-state index is 0.0115. The van der Waals surface area contributed by atoms with E-state index in [0.717, 1.165) is 23.6 Å². The molecule has 0 amide bonds. The average molecular weight is 295 g/mol. The largest absolute Gasteiger partial charge is 0.502 e. The minimum absolute atomic E-state index is 0.0115. The fourth-order valence-corrected chi connectivity index (χ4v) is 2.77. The van der Waals surface area contributed by atoms with E-state index < -0.39 is 0 Å². The summed E-state index contributed by atoms with van der Waals surface area (Å²) in [5.74, 6) is 0.783. The second-order valence-corrected chi connectivity index (χ2v) is 5.32. The Bertz CT molecular complexity index is 457. The Morgan fingerprint density at radius 3 is 2.00 bits per heavy atom. The summed E-state index contributed by atoms with van der Waals surface area (Å²) in [6.45, 7) is 1.98. The Balaban J connectivity index is 2.28. The van der Waals surface area contributed by atoms with Gasteiger partial charge in [0.2, 0.25) is 5.75 Å². The Morgan fingerprint density at radius 1 is 1.05 bits per heavy atom. The maximum Gasteiger partial charge on any atom is 0.200 e. The number of phenolic OH excluding ortho intramolecular Hbond substituents is 1. The third-order valence-electron chi connectivity index (χ3n) is 3.62. The van der Waals surface area contributed by atoms with E-state index in [1.165, 1.54) is 39.9 Å². The molecule has 1 fully saturated rings. The minimum Gasteiger partial charge on any atom is -0.502 e. The molecule has 4 nitrogen and oxygen atoms in total. The molecule has 1 N–H and O–H groups in total. The molecule has 1 aromatic rings. The summed E-state index contributed by atoms with van der Waals surface area (Å²) in [5.41, 5.74) is 0.855. The third kappa shape index (κ3) is 3.15. The van der Waals surface area contributed by atoms with Crippen molar-refractivity contribution in [3.63, 3.8) is 0 Å². The second kappa shape index (κ2) is 6.79. The van der Waals surface area contributed by atoms with Gasteiger partial charge in [-0.3, -0.25) is 0 Å². The van der Waals surface area contributed by atoms with Crippen LogP contribution in [-0.2, 0) is 0 Å². The number of thiocarbonyl (C=S) groups is 1. The molecule has 1 heterocycles. The van der Waals surface area contributed by atoms with Crippen LogP contribution < -0.4 is 9.47 Å². The zero-order valence-corrected chi connectivity index (χ0v) is 12.8. The van der Waals surface area contributed by atoms with Crippen LogP contribution in [0.1, 0.15) is 31.2 Å². The molecule has 1 aromatic carbocycles. The van der Waals surface area contributed by atoms with Crippen molar-refractivity contribution in [1.29, 1.82) is 0 Å². The van der Waals surface area contributed by atoms with E-state index in [1.807, 2.05) is 0 Å². The first-order valence-electron chi connectivity index (χ1n) is 6.91. The standard InChI is InChI=1S/C15H21NO3S/c1-18-12-9-11(10-13(19-2)14(12)17)15(20)16-7-5-3-4-6-8-16/h9-10,17H,3-8H2,1-2H3. The maximum atomic E-state index is 9.94. The summed E-state index contributed by atoms with van der Waals surface area (Å²) < 4.78 is 10.4. The Hall–Kier alpha value is -1.49. The van der Waals surface area contributed by atoms with E-state index in [9.17, 15) is 5.11 Å². The smallest absolute Gasteiger partial charge is 0.200 e. The molecule has 1 aliphatic heterocycles. The van der Waals surface area contributed by atoms with E-state index in [4.69, 9.17) is 21.7 Å². The molecule has 0 spiro atoms. The second-order valence-electron chi connectivity index (χ2n) is 4.94. The molecule has 0 bridgehead atoms. The molecule has 1 aliphatic rings. The number of benzene rings is 1. The number of aromatic hydroxyl groups is 1. The molecule has 0 aliphatic carbocycles. The highest BCUT2D eigenvalue weighted by Gasteiger charge is 2.18. The van der Waals surface area contributed by atoms with Crippen molar-refractivity contribution < 1.29 is 14.6 Å². The van der Waals surface area contributed by atoms with Crippen molar-refractivity contribution in [2.24, 2.45) is 0 Å². The predicted molar refractivity (Wildman–Crippen MR) is 83.0 cm³/mol. The molecule has 2 rings (SSSR count). The monoisotopic (exact) mass is 295 g/mol. The Kier molecular flexibility index (Phi) is 5.06. The van der Waals surface area contributed by atoms with Crippen molar-refractivity contribution in [2.75, 3.05) is 27.3 Å². The van der Waals surface area contributed by atoms with Gasteiger partial charge in [0.25, 0.3) is 0 Å². The Labute approximate surface area is 125 Å². The van der Waals surface area contributed by atoms with Gasteiger partial charge in [0.1, 0.15) is 4.99 Å². The van der Waals surface area contributed by atoms with E-state index in [2.05, 4.69) is 4.90 Å². The van der Waals surface area contributed by atoms with Crippen LogP contribution >= 0.6 is 12.2 Å². The van der Waals surface area contributed by atoms with Gasteiger partial charge in [-0.15, -0.1) is 0 Å². The first-order valence-corrected chi connectivity index (χ1v) is 7.32. The molecule has 110 valence electrons. The average Bonchev–Trinajstić information content (AvgIpc) is 2.75. The van der Waals surface area contributed by atoms with Crippen molar-refractivity contribution in [2.45, 2.75) is 25.7 Å². The summed E-state index contributed by atoms with van der Waals surface area (Å²) in [6, 6.07) is 3.54. The van der Waals surface area contributed by atoms with Gasteiger partial charge in [-0.25, -0.2) is 0 Å². The quantitative estimate of drug-likeness (QED) is 0.868. The van der Waals surface area contributed by atoms with Crippen LogP contribution in [0, 0.1) is 0 Å². The van der Waals surface area contributed by atoms with Gasteiger partial charge in [0.05, 0.1) is 14.2 Å². The fourth-order valence-electron chi connectivity index (χ4n) is 2.47. The van der Waals surface area contributed by atoms with Crippen LogP contribution in [0.4, 0.5) is 0 Å². The number of methoxy groups -OCH3 is 2. The van der Waals surface area contributed by atoms with Crippen LogP contribution in [0.5, 0.6) is 17.2 Å². The number of hydrogen-bond acceptors (Lipinski definition) is 4. The summed E-state index contributed by atoms with van der Waals surface area (Å²) >= 11 is 5.59. The molecule has 0 saturated carbocycles. The van der Waals surface area contributed by atoms with Crippen molar-refractivity contribution in [3.05, 3.63) is 17.7 Å². The molecular formula is C15H21NO3S. The summed E-state index contributed by atoms with van der Waals surface area (Å²) in [7, 11) is 3.04. The van der Waals surface area contributed by atoms with Gasteiger partial charge >= 0.3 is 0 Å². The number of rotatable bonds is 3. The first-order chi connectivity index (χ1) is 9.67. The van der Waals surface area contributed by atoms with Crippen LogP contribution in [0.15, 0.2) is 12.1 Å². The zero-order valence-electron chi connectivity index (χ0n) is 12.0. The van der Waals surface area contributed by atoms with Gasteiger partial charge in [-0.2, -0.15) is 0 Å². The van der Waals surface area contributed by atoms with E-state index in [1.54, 1.807) is 12.1 Å². The summed E-state index contributed by atoms with van der Waals surface area (Å²) in [6.07, 6.45) is 4.88. The number of nitrogens with zero attached hydrogens (tertiary/aromatic N) is 1. The molecule has 20 heavy (non-hydrogen) atoms. The number of likely N-dealkylation sites (tertiary alicyclic amines) is 1. The van der Waals surface area contributed by atoms with Gasteiger partial charge in [0.15, 0.2) is 11.5 Å². The van der Waals surface area contributed by atoms with Crippen LogP contribution in [-0.4, -0.2) is 42.3 Å². The zero-order chi connectivity index (χ0) is 14.5. The van der Waals surface area contributed by atoms with Gasteiger partial charge < -0.3 is 19.5 Å². The lowest BCUT2D eigenvalue weighted by molar-refractivity contribution is 0.339. The Morgan fingerprint density at radius 2 is 1.55 bits per heavy atom. The third-order valence-corrected chi connectivity index (χ3v) is 4.11. The van der Waals surface area contributed by atoms with E-state index in [-0.39, 0.29) is 5.75 Å². The maximum absolute atomic E-state index is 9.94. The molecule has 0 atom stereocenters. The number of phenols is 1. The first kappa shape index (κ1) is 14.9. The van der Waals surface area contributed by atoms with E-state index in [0.29, 0.717) is 11.5 Å². The van der Waals surface area contributed by atoms with Crippen molar-refractivity contribution in [3.8, 4) is 17.2 Å². The SMILES string of the molecule is COc1cc(C(=S)N2CCCCCC2)cc(OC)c1O. The normalized spacial score (nSPS) is 15.6. The molecular weight excluding hydrogens is 274 g/mol. The lowest BCUT2D eigenvalue weighted by atomic mass is 10.1. The van der Waals surface area contributed by atoms with Crippen LogP contribution in [0.25, 0.3) is 0 Å². The lowest BCUT2D eigenvalue weighted by Gasteiger charge is -2.24. The van der Waals surface area contributed by atoms with Crippen LogP contribution in [0.3, 0.4) is 0 Å². The molecule has 5 heteroatoms. The molecule has 0 radical (unpaired) electrons. The highest BCUT2D eigenvalue weighted by molar-refractivity contribution is 7.80. The van der Waals surface area contributed by atoms with Crippen molar-refractivity contribution in [1.82, 2.24) is 4.90 Å². The molecule has 1 saturated heterocycles. The fraction of sp³-hybridized carbons (Fsp3) is 0.533. The summed E-state index contributed by atoms with van der Waals surface area (Å²) in [5, 5.41) is 9.94. The van der Waals surface area contributed by atoms with Gasteiger partial charge in [-0.1, -0.05) is 25.1 Å². The molecule has 0 unspecified atom stereocenters. The highest BCUT2D eigenvalue weighted by Crippen LogP contribution is 2.37. The summed E-state index contributed by atoms with van der Waals surface area (Å²) in [4.78, 5) is 3.02. The lowest BCUT2D eigenvalue weighted by Crippen LogP contribution is -2.31. The topological polar surface area (TPSA) is 41.9 Å². The van der Waals surface area contributed by atoms with Crippen LogP contribution in [0.2, 0.25) is 0 Å². The van der Waals surface area contributed by atoms with Gasteiger partial charge in [-0.05, 0) is 25.0 Å². The van der Waals surface area contributed by atoms with E-state index >= 15 is 0 Å². The number of hydrogen-bond donors (Lipinski definition) is 1. The molecule has 0 aromatic heterocycles. The number of ether oxygens (including phenoxy) is 2.